The largest absolute Gasteiger partial charge is 0.545 e. The molecular formula is C7H9O3-. The van der Waals surface area contributed by atoms with Gasteiger partial charge in [-0.15, -0.1) is 0 Å². The van der Waals surface area contributed by atoms with Gasteiger partial charge < -0.3 is 9.90 Å². The van der Waals surface area contributed by atoms with Crippen molar-refractivity contribution in [1.82, 2.24) is 0 Å². The number of carboxylic acids is 1. The van der Waals surface area contributed by atoms with Gasteiger partial charge in [0.2, 0.25) is 0 Å². The van der Waals surface area contributed by atoms with Crippen LogP contribution in [-0.2, 0) is 9.59 Å². The molecule has 0 fully saturated rings. The first-order chi connectivity index (χ1) is 4.57. The lowest BCUT2D eigenvalue weighted by atomic mass is 10.1. The monoisotopic (exact) mass is 141 g/mol. The number of aliphatic carboxylic acids is 1. The Kier molecular flexibility index (Phi) is 3.39. The van der Waals surface area contributed by atoms with Crippen LogP contribution in [0, 0.1) is 0 Å². The van der Waals surface area contributed by atoms with Gasteiger partial charge in [0, 0.05) is 12.8 Å². The Hall–Kier alpha value is -1.12. The lowest BCUT2D eigenvalue weighted by Crippen LogP contribution is -2.25. The Labute approximate surface area is 59.4 Å². The van der Waals surface area contributed by atoms with Crippen LogP contribution in [0.5, 0.6) is 0 Å². The van der Waals surface area contributed by atoms with Crippen molar-refractivity contribution in [2.75, 3.05) is 0 Å². The summed E-state index contributed by atoms with van der Waals surface area (Å²) < 4.78 is 0. The fourth-order valence-electron chi connectivity index (χ4n) is 0.435. The van der Waals surface area contributed by atoms with Gasteiger partial charge >= 0.3 is 0 Å². The van der Waals surface area contributed by atoms with Gasteiger partial charge in [0.15, 0.2) is 0 Å². The van der Waals surface area contributed by atoms with Crippen LogP contribution in [0.3, 0.4) is 0 Å². The van der Waals surface area contributed by atoms with E-state index in [0.29, 0.717) is 6.42 Å². The van der Waals surface area contributed by atoms with E-state index in [9.17, 15) is 14.7 Å². The predicted octanol–water partition coefficient (Wildman–Crippen LogP) is -0.338. The van der Waals surface area contributed by atoms with Crippen LogP contribution in [0.2, 0.25) is 0 Å². The van der Waals surface area contributed by atoms with Gasteiger partial charge in [-0.05, 0) is 5.57 Å². The first-order valence-corrected chi connectivity index (χ1v) is 2.98. The molecule has 0 rings (SSSR count). The first kappa shape index (κ1) is 8.88. The molecule has 0 unspecified atom stereocenters. The quantitative estimate of drug-likeness (QED) is 0.503. The molecule has 0 aliphatic heterocycles. The average molecular weight is 141 g/mol. The van der Waals surface area contributed by atoms with Gasteiger partial charge in [0.25, 0.3) is 0 Å². The number of carbonyl (C=O) groups excluding carboxylic acids is 2. The van der Waals surface area contributed by atoms with Crippen molar-refractivity contribution in [3.63, 3.8) is 0 Å². The summed E-state index contributed by atoms with van der Waals surface area (Å²) in [6, 6.07) is 0. The molecule has 0 aliphatic rings. The molecule has 10 heavy (non-hydrogen) atoms. The van der Waals surface area contributed by atoms with Gasteiger partial charge in [0.05, 0.1) is 5.97 Å². The Balaban J connectivity index is 3.80. The van der Waals surface area contributed by atoms with E-state index in [4.69, 9.17) is 0 Å². The van der Waals surface area contributed by atoms with Crippen LogP contribution >= 0.6 is 0 Å². The minimum absolute atomic E-state index is 0.0984. The number of Topliss-reactive ketones (excluding diaryl/α,β-unsaturated/α-hetero) is 1. The molecule has 0 N–H and O–H groups in total. The van der Waals surface area contributed by atoms with E-state index in [-0.39, 0.29) is 17.8 Å². The summed E-state index contributed by atoms with van der Waals surface area (Å²) in [7, 11) is 0. The second-order valence-corrected chi connectivity index (χ2v) is 1.96. The zero-order valence-corrected chi connectivity index (χ0v) is 5.85. The summed E-state index contributed by atoms with van der Waals surface area (Å²) in [6.07, 6.45) is 0.241. The Morgan fingerprint density at radius 1 is 1.50 bits per heavy atom. The van der Waals surface area contributed by atoms with E-state index < -0.39 is 5.97 Å². The van der Waals surface area contributed by atoms with Gasteiger partial charge in [-0.3, -0.25) is 4.79 Å². The Bertz CT molecular complexity index is 170. The molecule has 0 aromatic rings. The Morgan fingerprint density at radius 2 is 2.00 bits per heavy atom. The van der Waals surface area contributed by atoms with Crippen molar-refractivity contribution in [2.24, 2.45) is 0 Å². The smallest absolute Gasteiger partial charge is 0.137 e. The molecular weight excluding hydrogens is 132 g/mol. The van der Waals surface area contributed by atoms with Gasteiger partial charge in [-0.2, -0.15) is 0 Å². The topological polar surface area (TPSA) is 57.2 Å². The molecule has 0 amide bonds. The third kappa shape index (κ3) is 3.02. The normalized spacial score (nSPS) is 8.90. The maximum Gasteiger partial charge on any atom is 0.137 e. The zero-order chi connectivity index (χ0) is 8.15. The molecule has 0 radical (unpaired) electrons. The third-order valence-corrected chi connectivity index (χ3v) is 1.09. The second-order valence-electron chi connectivity index (χ2n) is 1.96. The number of hydrogen-bond acceptors (Lipinski definition) is 3. The number of rotatable bonds is 4. The highest BCUT2D eigenvalue weighted by molar-refractivity contribution is 5.92. The van der Waals surface area contributed by atoms with E-state index in [1.165, 1.54) is 0 Å². The van der Waals surface area contributed by atoms with Gasteiger partial charge in [-0.1, -0.05) is 13.5 Å². The lowest BCUT2D eigenvalue weighted by molar-refractivity contribution is -0.299. The maximum atomic E-state index is 10.6. The molecule has 3 nitrogen and oxygen atoms in total. The van der Waals surface area contributed by atoms with Crippen molar-refractivity contribution < 1.29 is 14.7 Å². The molecule has 56 valence electrons. The predicted molar refractivity (Wildman–Crippen MR) is 34.1 cm³/mol. The van der Waals surface area contributed by atoms with Crippen LogP contribution in [0.1, 0.15) is 19.8 Å². The second kappa shape index (κ2) is 3.82. The third-order valence-electron chi connectivity index (χ3n) is 1.09. The summed E-state index contributed by atoms with van der Waals surface area (Å²) in [4.78, 5) is 20.6. The highest BCUT2D eigenvalue weighted by Gasteiger charge is 2.01. The fraction of sp³-hybridized carbons (Fsp3) is 0.429. The number of carboxylic acid groups (broad SMARTS) is 1. The van der Waals surface area contributed by atoms with E-state index in [1.54, 1.807) is 6.92 Å². The van der Waals surface area contributed by atoms with Crippen molar-refractivity contribution in [1.29, 1.82) is 0 Å². The van der Waals surface area contributed by atoms with E-state index in [0.717, 1.165) is 0 Å². The zero-order valence-electron chi connectivity index (χ0n) is 5.85. The lowest BCUT2D eigenvalue weighted by Gasteiger charge is -2.02. The highest BCUT2D eigenvalue weighted by atomic mass is 16.4. The number of ketones is 1. The van der Waals surface area contributed by atoms with Crippen molar-refractivity contribution in [3.8, 4) is 0 Å². The van der Waals surface area contributed by atoms with E-state index in [1.807, 2.05) is 0 Å². The average Bonchev–Trinajstić information content (AvgIpc) is 1.87. The molecule has 0 heterocycles. The molecule has 3 heteroatoms. The van der Waals surface area contributed by atoms with Crippen LogP contribution in [0.4, 0.5) is 0 Å². The first-order valence-electron chi connectivity index (χ1n) is 2.98. The summed E-state index contributed by atoms with van der Waals surface area (Å²) in [5.74, 6) is -1.48. The summed E-state index contributed by atoms with van der Waals surface area (Å²) in [5.41, 5.74) is -0.146. The highest BCUT2D eigenvalue weighted by Crippen LogP contribution is 1.98. The summed E-state index contributed by atoms with van der Waals surface area (Å²) in [5, 5.41) is 9.99. The fourth-order valence-corrected chi connectivity index (χ4v) is 0.435. The van der Waals surface area contributed by atoms with Gasteiger partial charge in [0.1, 0.15) is 5.78 Å². The molecule has 0 atom stereocenters. The maximum absolute atomic E-state index is 10.6. The summed E-state index contributed by atoms with van der Waals surface area (Å²) >= 11 is 0. The standard InChI is InChI=1S/C7H10O3/c1-3-6(8)4-5(2)7(9)10/h2-4H2,1H3,(H,9,10)/p-1. The van der Waals surface area contributed by atoms with Crippen molar-refractivity contribution in [2.45, 2.75) is 19.8 Å². The van der Waals surface area contributed by atoms with Crippen LogP contribution < -0.4 is 5.11 Å². The van der Waals surface area contributed by atoms with E-state index >= 15 is 0 Å². The molecule has 0 spiro atoms. The summed E-state index contributed by atoms with van der Waals surface area (Å²) in [6.45, 7) is 4.83. The number of carbonyl (C=O) groups is 2. The van der Waals surface area contributed by atoms with Crippen LogP contribution in [-0.4, -0.2) is 11.8 Å². The molecule has 0 bridgehead atoms. The molecule has 0 saturated heterocycles. The Morgan fingerprint density at radius 3 is 2.30 bits per heavy atom. The number of hydrogen-bond donors (Lipinski definition) is 0. The minimum Gasteiger partial charge on any atom is -0.545 e. The SMILES string of the molecule is C=C(CC(=O)CC)C(=O)[O-]. The molecule has 0 aliphatic carbocycles. The molecule has 0 aromatic carbocycles. The minimum atomic E-state index is -1.35. The van der Waals surface area contributed by atoms with Crippen molar-refractivity contribution >= 4 is 11.8 Å². The van der Waals surface area contributed by atoms with Crippen LogP contribution in [0.15, 0.2) is 12.2 Å². The molecule has 0 saturated carbocycles. The van der Waals surface area contributed by atoms with Gasteiger partial charge in [-0.25, -0.2) is 0 Å². The van der Waals surface area contributed by atoms with E-state index in [2.05, 4.69) is 6.58 Å². The van der Waals surface area contributed by atoms with Crippen molar-refractivity contribution in [3.05, 3.63) is 12.2 Å². The van der Waals surface area contributed by atoms with Crippen LogP contribution in [0.25, 0.3) is 0 Å². The molecule has 0 aromatic heterocycles.